The number of carbonyl (C=O) groups is 1. The Morgan fingerprint density at radius 2 is 1.82 bits per heavy atom. The first-order valence-corrected chi connectivity index (χ1v) is 15.5. The average Bonchev–Trinajstić information content (AvgIpc) is 3.46. The highest BCUT2D eigenvalue weighted by Crippen LogP contribution is 2.39. The topological polar surface area (TPSA) is 138 Å². The van der Waals surface area contributed by atoms with Crippen LogP contribution in [0.2, 0.25) is 0 Å². The summed E-state index contributed by atoms with van der Waals surface area (Å²) in [5.74, 6) is 0.293. The molecule has 0 radical (unpaired) electrons. The number of sulfonamides is 1. The van der Waals surface area contributed by atoms with Crippen molar-refractivity contribution in [2.75, 3.05) is 25.4 Å². The molecule has 1 unspecified atom stereocenters. The number of nitrogens with one attached hydrogen (secondary N) is 1. The first-order chi connectivity index (χ1) is 19.4. The molecule has 210 valence electrons. The lowest BCUT2D eigenvalue weighted by atomic mass is 9.80. The van der Waals surface area contributed by atoms with Crippen LogP contribution in [0, 0.1) is 11.8 Å². The van der Waals surface area contributed by atoms with Gasteiger partial charge in [0.1, 0.15) is 17.7 Å². The van der Waals surface area contributed by atoms with Crippen molar-refractivity contribution < 1.29 is 23.1 Å². The number of fused-ring (bicyclic) bond motifs is 3. The number of pyridine rings is 1. The average molecular weight is 564 g/mol. The number of carboxylic acid groups (broad SMARTS) is 1. The third-order valence-corrected chi connectivity index (χ3v) is 10.4. The third kappa shape index (κ3) is 5.53. The highest BCUT2D eigenvalue weighted by molar-refractivity contribution is 7.89. The Kier molecular flexibility index (Phi) is 7.41. The van der Waals surface area contributed by atoms with Crippen LogP contribution in [-0.4, -0.2) is 69.2 Å². The zero-order valence-corrected chi connectivity index (χ0v) is 23.0. The van der Waals surface area contributed by atoms with E-state index in [1.165, 1.54) is 12.1 Å². The lowest BCUT2D eigenvalue weighted by Gasteiger charge is -2.34. The molecule has 1 aromatic carbocycles. The molecule has 1 saturated heterocycles. The molecule has 40 heavy (non-hydrogen) atoms. The molecule has 2 fully saturated rings. The summed E-state index contributed by atoms with van der Waals surface area (Å²) in [6.45, 7) is 1.41. The van der Waals surface area contributed by atoms with Crippen molar-refractivity contribution >= 4 is 37.9 Å². The van der Waals surface area contributed by atoms with Crippen molar-refractivity contribution in [1.29, 1.82) is 0 Å². The van der Waals surface area contributed by atoms with Crippen LogP contribution in [0.25, 0.3) is 21.9 Å². The van der Waals surface area contributed by atoms with E-state index in [0.29, 0.717) is 25.4 Å². The van der Waals surface area contributed by atoms with Gasteiger partial charge in [0.2, 0.25) is 10.0 Å². The molecule has 4 heterocycles. The standard InChI is InChI=1S/C29H33N5O5S/c35-29(36)22-7-9-23(10-8-22)39-16-20-2-1-13-34(15-20)40(37,38)17-19-3-5-21(6-4-19)27-26-24-11-12-30-28(24)31-14-25(26)32-18-33-27/h7-12,14,18-21H,1-6,13,15-17H2,(H,30,31)(H,35,36). The van der Waals surface area contributed by atoms with Gasteiger partial charge in [-0.25, -0.2) is 32.5 Å². The summed E-state index contributed by atoms with van der Waals surface area (Å²) in [5.41, 5.74) is 2.90. The van der Waals surface area contributed by atoms with Crippen LogP contribution in [0.5, 0.6) is 5.75 Å². The van der Waals surface area contributed by atoms with Crippen molar-refractivity contribution in [2.45, 2.75) is 44.4 Å². The second kappa shape index (κ2) is 11.1. The normalized spacial score (nSPS) is 22.4. The Morgan fingerprint density at radius 3 is 2.60 bits per heavy atom. The minimum Gasteiger partial charge on any atom is -0.493 e. The van der Waals surface area contributed by atoms with E-state index in [0.717, 1.165) is 66.2 Å². The van der Waals surface area contributed by atoms with Gasteiger partial charge in [-0.15, -0.1) is 0 Å². The molecule has 2 N–H and O–H groups in total. The van der Waals surface area contributed by atoms with Gasteiger partial charge in [0.25, 0.3) is 0 Å². The van der Waals surface area contributed by atoms with Crippen molar-refractivity contribution in [1.82, 2.24) is 24.2 Å². The Bertz CT molecular complexity index is 1610. The van der Waals surface area contributed by atoms with E-state index in [-0.39, 0.29) is 29.1 Å². The maximum absolute atomic E-state index is 13.4. The lowest BCUT2D eigenvalue weighted by molar-refractivity contribution is 0.0697. The minimum atomic E-state index is -3.38. The number of hydrogen-bond donors (Lipinski definition) is 2. The number of aromatic carboxylic acids is 1. The molecule has 0 bridgehead atoms. The van der Waals surface area contributed by atoms with Crippen LogP contribution in [0.4, 0.5) is 0 Å². The summed E-state index contributed by atoms with van der Waals surface area (Å²) < 4.78 is 34.4. The zero-order valence-electron chi connectivity index (χ0n) is 22.2. The largest absolute Gasteiger partial charge is 0.493 e. The molecule has 1 aliphatic heterocycles. The Labute approximate surface area is 232 Å². The van der Waals surface area contributed by atoms with Gasteiger partial charge in [-0.2, -0.15) is 0 Å². The van der Waals surface area contributed by atoms with Crippen molar-refractivity contribution in [2.24, 2.45) is 11.8 Å². The molecule has 1 atom stereocenters. The lowest BCUT2D eigenvalue weighted by Crippen LogP contribution is -2.43. The number of ether oxygens (including phenoxy) is 1. The molecule has 6 rings (SSSR count). The highest BCUT2D eigenvalue weighted by atomic mass is 32.2. The van der Waals surface area contributed by atoms with E-state index in [2.05, 4.69) is 19.9 Å². The summed E-state index contributed by atoms with van der Waals surface area (Å²) >= 11 is 0. The van der Waals surface area contributed by atoms with E-state index >= 15 is 0 Å². The number of benzene rings is 1. The molecule has 11 heteroatoms. The van der Waals surface area contributed by atoms with Crippen LogP contribution in [0.3, 0.4) is 0 Å². The van der Waals surface area contributed by atoms with Crippen molar-refractivity contribution in [3.05, 3.63) is 60.3 Å². The monoisotopic (exact) mass is 563 g/mol. The summed E-state index contributed by atoms with van der Waals surface area (Å²) in [5, 5.41) is 11.1. The van der Waals surface area contributed by atoms with Gasteiger partial charge < -0.3 is 14.8 Å². The molecule has 0 spiro atoms. The fourth-order valence-electron chi connectivity index (χ4n) is 6.22. The minimum absolute atomic E-state index is 0.101. The molecule has 1 saturated carbocycles. The van der Waals surface area contributed by atoms with Crippen LogP contribution >= 0.6 is 0 Å². The number of rotatable bonds is 8. The number of carboxylic acids is 1. The van der Waals surface area contributed by atoms with Gasteiger partial charge in [0.15, 0.2) is 0 Å². The molecule has 0 amide bonds. The van der Waals surface area contributed by atoms with Gasteiger partial charge >= 0.3 is 5.97 Å². The fraction of sp³-hybridized carbons (Fsp3) is 0.448. The Hall–Kier alpha value is -3.57. The number of H-pyrrole nitrogens is 1. The van der Waals surface area contributed by atoms with E-state index in [4.69, 9.17) is 9.84 Å². The molecule has 4 aromatic rings. The van der Waals surface area contributed by atoms with Crippen molar-refractivity contribution in [3.8, 4) is 5.75 Å². The second-order valence-corrected chi connectivity index (χ2v) is 13.0. The third-order valence-electron chi connectivity index (χ3n) is 8.36. The summed E-state index contributed by atoms with van der Waals surface area (Å²) in [7, 11) is -3.38. The smallest absolute Gasteiger partial charge is 0.335 e. The highest BCUT2D eigenvalue weighted by Gasteiger charge is 2.33. The van der Waals surface area contributed by atoms with E-state index in [1.807, 2.05) is 12.3 Å². The Morgan fingerprint density at radius 1 is 1.02 bits per heavy atom. The van der Waals surface area contributed by atoms with E-state index in [1.54, 1.807) is 29.0 Å². The van der Waals surface area contributed by atoms with Gasteiger partial charge in [-0.3, -0.25) is 0 Å². The number of aromatic nitrogens is 4. The van der Waals surface area contributed by atoms with Gasteiger partial charge in [0, 0.05) is 41.9 Å². The van der Waals surface area contributed by atoms with E-state index in [9.17, 15) is 13.2 Å². The Balaban J connectivity index is 1.05. The van der Waals surface area contributed by atoms with Crippen molar-refractivity contribution in [3.63, 3.8) is 0 Å². The maximum Gasteiger partial charge on any atom is 0.335 e. The molecule has 1 aliphatic carbocycles. The summed E-state index contributed by atoms with van der Waals surface area (Å²) in [4.78, 5) is 27.8. The SMILES string of the molecule is O=C(O)c1ccc(OCC2CCCN(S(=O)(=O)CC3CCC(c4ncnc5cnc6[nH]ccc6c45)CC3)C2)cc1. The maximum atomic E-state index is 13.4. The number of aromatic amines is 1. The van der Waals surface area contributed by atoms with Crippen LogP contribution in [-0.2, 0) is 10.0 Å². The van der Waals surface area contributed by atoms with E-state index < -0.39 is 16.0 Å². The first-order valence-electron chi connectivity index (χ1n) is 13.9. The number of hydrogen-bond acceptors (Lipinski definition) is 7. The fourth-order valence-corrected chi connectivity index (χ4v) is 8.21. The quantitative estimate of drug-likeness (QED) is 0.317. The molecule has 3 aromatic heterocycles. The molecular formula is C29H33N5O5S. The number of piperidine rings is 1. The van der Waals surface area contributed by atoms with Crippen LogP contribution in [0.15, 0.2) is 49.1 Å². The first kappa shape index (κ1) is 26.6. The molecule has 10 nitrogen and oxygen atoms in total. The van der Waals surface area contributed by atoms with Gasteiger partial charge in [0.05, 0.1) is 35.3 Å². The summed E-state index contributed by atoms with van der Waals surface area (Å²) in [6.07, 6.45) is 10.5. The van der Waals surface area contributed by atoms with Crippen LogP contribution in [0.1, 0.15) is 60.5 Å². The number of nitrogens with zero attached hydrogens (tertiary/aromatic N) is 4. The molecule has 2 aliphatic rings. The van der Waals surface area contributed by atoms with Gasteiger partial charge in [-0.05, 0) is 74.8 Å². The predicted molar refractivity (Wildman–Crippen MR) is 151 cm³/mol. The van der Waals surface area contributed by atoms with Gasteiger partial charge in [-0.1, -0.05) is 0 Å². The predicted octanol–water partition coefficient (Wildman–Crippen LogP) is 4.60. The molecular weight excluding hydrogens is 530 g/mol. The second-order valence-electron chi connectivity index (χ2n) is 11.0. The zero-order chi connectivity index (χ0) is 27.7. The summed E-state index contributed by atoms with van der Waals surface area (Å²) in [6, 6.07) is 8.31. The van der Waals surface area contributed by atoms with Crippen LogP contribution < -0.4 is 4.74 Å².